The zero-order valence-corrected chi connectivity index (χ0v) is 20.1. The molecule has 6 nitrogen and oxygen atoms in total. The van der Waals surface area contributed by atoms with Crippen LogP contribution in [0, 0.1) is 12.3 Å². The minimum absolute atomic E-state index is 0.0197. The molecule has 3 aromatic rings. The first-order valence-electron chi connectivity index (χ1n) is 10.8. The SMILES string of the molecule is Cc1oc2ncnc(NC3(C)CC3)c2c1C(=O)N1C[C@@]2(I)[C@H](c3ccccc3)[C@@]2(C)C1. The van der Waals surface area contributed by atoms with Gasteiger partial charge in [0.1, 0.15) is 17.9 Å². The number of aromatic nitrogens is 2. The molecule has 2 saturated carbocycles. The van der Waals surface area contributed by atoms with Crippen molar-refractivity contribution < 1.29 is 9.21 Å². The molecule has 1 saturated heterocycles. The Morgan fingerprint density at radius 3 is 2.58 bits per heavy atom. The zero-order chi connectivity index (χ0) is 21.6. The van der Waals surface area contributed by atoms with Crippen LogP contribution in [0.4, 0.5) is 5.82 Å². The molecule has 1 amide bonds. The summed E-state index contributed by atoms with van der Waals surface area (Å²) in [5.41, 5.74) is 2.57. The Balaban J connectivity index is 1.33. The number of aryl methyl sites for hydroxylation is 1. The Kier molecular flexibility index (Phi) is 3.91. The lowest BCUT2D eigenvalue weighted by Crippen LogP contribution is -2.34. The highest BCUT2D eigenvalue weighted by Gasteiger charge is 2.77. The van der Waals surface area contributed by atoms with E-state index in [1.165, 1.54) is 11.9 Å². The summed E-state index contributed by atoms with van der Waals surface area (Å²) >= 11 is 2.59. The quantitative estimate of drug-likeness (QED) is 0.384. The Morgan fingerprint density at radius 1 is 1.19 bits per heavy atom. The fourth-order valence-electron chi connectivity index (χ4n) is 5.51. The highest BCUT2D eigenvalue weighted by Crippen LogP contribution is 2.76. The predicted molar refractivity (Wildman–Crippen MR) is 128 cm³/mol. The van der Waals surface area contributed by atoms with Gasteiger partial charge in [-0.1, -0.05) is 59.8 Å². The molecule has 0 radical (unpaired) electrons. The fourth-order valence-corrected chi connectivity index (χ4v) is 7.30. The van der Waals surface area contributed by atoms with Crippen LogP contribution in [0.5, 0.6) is 0 Å². The smallest absolute Gasteiger partial charge is 0.258 e. The van der Waals surface area contributed by atoms with Crippen molar-refractivity contribution in [2.75, 3.05) is 18.4 Å². The molecule has 3 fully saturated rings. The fraction of sp³-hybridized carbons (Fsp3) is 0.458. The minimum atomic E-state index is 0.0197. The van der Waals surface area contributed by atoms with Gasteiger partial charge in [-0.15, -0.1) is 0 Å². The molecule has 2 aliphatic carbocycles. The van der Waals surface area contributed by atoms with Gasteiger partial charge in [-0.05, 0) is 32.3 Å². The molecule has 0 unspecified atom stereocenters. The predicted octanol–water partition coefficient (Wildman–Crippen LogP) is 4.93. The van der Waals surface area contributed by atoms with Crippen LogP contribution >= 0.6 is 22.6 Å². The van der Waals surface area contributed by atoms with Gasteiger partial charge in [0.05, 0.1) is 14.4 Å². The molecular weight excluding hydrogens is 503 g/mol. The van der Waals surface area contributed by atoms with Gasteiger partial charge in [-0.25, -0.2) is 9.97 Å². The third-order valence-electron chi connectivity index (χ3n) is 7.62. The number of hydrogen-bond acceptors (Lipinski definition) is 5. The number of benzene rings is 1. The highest BCUT2D eigenvalue weighted by molar-refractivity contribution is 14.1. The second kappa shape index (κ2) is 6.21. The third-order valence-corrected chi connectivity index (χ3v) is 9.82. The molecule has 31 heavy (non-hydrogen) atoms. The van der Waals surface area contributed by atoms with Crippen molar-refractivity contribution in [1.82, 2.24) is 14.9 Å². The third kappa shape index (κ3) is 2.71. The van der Waals surface area contributed by atoms with Crippen LogP contribution in [-0.2, 0) is 0 Å². The van der Waals surface area contributed by atoms with Crippen LogP contribution in [0.25, 0.3) is 11.1 Å². The number of carbonyl (C=O) groups excluding carboxylic acids is 1. The number of nitrogens with one attached hydrogen (secondary N) is 1. The first-order chi connectivity index (χ1) is 14.8. The van der Waals surface area contributed by atoms with Gasteiger partial charge in [0.15, 0.2) is 0 Å². The highest BCUT2D eigenvalue weighted by atomic mass is 127. The lowest BCUT2D eigenvalue weighted by Gasteiger charge is -2.23. The molecule has 3 heterocycles. The van der Waals surface area contributed by atoms with E-state index in [9.17, 15) is 4.79 Å². The number of halogens is 1. The normalized spacial score (nSPS) is 30.3. The van der Waals surface area contributed by atoms with Crippen molar-refractivity contribution in [2.45, 2.75) is 48.5 Å². The monoisotopic (exact) mass is 528 g/mol. The summed E-state index contributed by atoms with van der Waals surface area (Å²) in [4.78, 5) is 24.5. The van der Waals surface area contributed by atoms with E-state index in [0.717, 1.165) is 25.9 Å². The van der Waals surface area contributed by atoms with E-state index in [0.29, 0.717) is 34.2 Å². The number of piperidine rings is 1. The number of alkyl halides is 1. The van der Waals surface area contributed by atoms with E-state index in [2.05, 4.69) is 82.1 Å². The van der Waals surface area contributed by atoms with E-state index in [1.54, 1.807) is 0 Å². The summed E-state index contributed by atoms with van der Waals surface area (Å²) in [6.07, 6.45) is 3.70. The van der Waals surface area contributed by atoms with Crippen LogP contribution in [0.15, 0.2) is 41.1 Å². The van der Waals surface area contributed by atoms with Crippen LogP contribution in [0.2, 0.25) is 0 Å². The maximum Gasteiger partial charge on any atom is 0.258 e. The molecule has 160 valence electrons. The number of hydrogen-bond donors (Lipinski definition) is 1. The summed E-state index contributed by atoms with van der Waals surface area (Å²) in [6, 6.07) is 10.7. The van der Waals surface area contributed by atoms with E-state index in [4.69, 9.17) is 4.42 Å². The maximum absolute atomic E-state index is 13.7. The Bertz CT molecular complexity index is 1200. The molecule has 1 N–H and O–H groups in total. The summed E-state index contributed by atoms with van der Waals surface area (Å²) in [5, 5.41) is 4.23. The lowest BCUT2D eigenvalue weighted by molar-refractivity contribution is 0.0765. The van der Waals surface area contributed by atoms with Gasteiger partial charge in [0.25, 0.3) is 5.91 Å². The van der Waals surface area contributed by atoms with Crippen molar-refractivity contribution in [1.29, 1.82) is 0 Å². The zero-order valence-electron chi connectivity index (χ0n) is 17.9. The Labute approximate surface area is 194 Å². The summed E-state index contributed by atoms with van der Waals surface area (Å²) in [6.45, 7) is 7.82. The number of likely N-dealkylation sites (tertiary alicyclic amines) is 1. The van der Waals surface area contributed by atoms with Gasteiger partial charge in [0, 0.05) is 30.0 Å². The van der Waals surface area contributed by atoms with Crippen molar-refractivity contribution in [3.05, 3.63) is 53.5 Å². The topological polar surface area (TPSA) is 71.3 Å². The molecule has 1 aliphatic heterocycles. The molecule has 3 aliphatic rings. The average molecular weight is 528 g/mol. The first kappa shape index (κ1) is 19.5. The lowest BCUT2D eigenvalue weighted by atomic mass is 10.0. The molecule has 0 bridgehead atoms. The van der Waals surface area contributed by atoms with Crippen molar-refractivity contribution in [3.8, 4) is 0 Å². The van der Waals surface area contributed by atoms with E-state index in [1.807, 2.05) is 11.8 Å². The number of nitrogens with zero attached hydrogens (tertiary/aromatic N) is 3. The molecular formula is C24H25IN4O2. The Morgan fingerprint density at radius 2 is 1.94 bits per heavy atom. The van der Waals surface area contributed by atoms with E-state index < -0.39 is 0 Å². The number of furan rings is 1. The second-order valence-electron chi connectivity index (χ2n) is 9.91. The molecule has 3 atom stereocenters. The van der Waals surface area contributed by atoms with E-state index >= 15 is 0 Å². The number of anilines is 1. The summed E-state index contributed by atoms with van der Waals surface area (Å²) < 4.78 is 5.96. The van der Waals surface area contributed by atoms with Crippen LogP contribution < -0.4 is 5.32 Å². The number of fused-ring (bicyclic) bond motifs is 2. The first-order valence-corrected chi connectivity index (χ1v) is 11.9. The van der Waals surface area contributed by atoms with Crippen LogP contribution in [0.1, 0.15) is 54.3 Å². The number of carbonyl (C=O) groups is 1. The molecule has 7 heteroatoms. The van der Waals surface area contributed by atoms with E-state index in [-0.39, 0.29) is 20.3 Å². The standard InChI is InChI=1S/C24H25IN4O2/c1-14-16(17-19(28-22(2)9-10-22)26-13-27-20(17)31-14)21(30)29-11-23(3)18(24(23,25)12-29)15-7-5-4-6-8-15/h4-8,13,18H,9-12H2,1-3H3,(H,26,27,28)/t18-,23-,24-/m1/s1. The molecule has 0 spiro atoms. The van der Waals surface area contributed by atoms with Crippen LogP contribution in [-0.4, -0.2) is 42.8 Å². The van der Waals surface area contributed by atoms with Crippen LogP contribution in [0.3, 0.4) is 0 Å². The number of rotatable bonds is 4. The van der Waals surface area contributed by atoms with Crippen molar-refractivity contribution in [3.63, 3.8) is 0 Å². The Hall–Kier alpha value is -2.16. The number of amides is 1. The molecule has 6 rings (SSSR count). The van der Waals surface area contributed by atoms with Crippen molar-refractivity contribution >= 4 is 45.4 Å². The minimum Gasteiger partial charge on any atom is -0.442 e. The van der Waals surface area contributed by atoms with Crippen molar-refractivity contribution in [2.24, 2.45) is 5.41 Å². The average Bonchev–Trinajstić information content (AvgIpc) is 3.45. The van der Waals surface area contributed by atoms with Gasteiger partial charge in [-0.3, -0.25) is 4.79 Å². The largest absolute Gasteiger partial charge is 0.442 e. The summed E-state index contributed by atoms with van der Waals surface area (Å²) in [7, 11) is 0. The van der Waals surface area contributed by atoms with Gasteiger partial charge < -0.3 is 14.6 Å². The second-order valence-corrected chi connectivity index (χ2v) is 11.8. The van der Waals surface area contributed by atoms with Gasteiger partial charge in [-0.2, -0.15) is 0 Å². The maximum atomic E-state index is 13.7. The van der Waals surface area contributed by atoms with Gasteiger partial charge >= 0.3 is 0 Å². The molecule has 2 aromatic heterocycles. The molecule has 1 aromatic carbocycles. The van der Waals surface area contributed by atoms with Gasteiger partial charge in [0.2, 0.25) is 5.71 Å². The summed E-state index contributed by atoms with van der Waals surface area (Å²) in [5.74, 6) is 1.80.